The van der Waals surface area contributed by atoms with Crippen LogP contribution in [0.25, 0.3) is 0 Å². The number of rotatable bonds is 4. The van der Waals surface area contributed by atoms with Gasteiger partial charge in [0.25, 0.3) is 0 Å². The van der Waals surface area contributed by atoms with Crippen molar-refractivity contribution in [3.63, 3.8) is 0 Å². The average molecular weight is 309 g/mol. The van der Waals surface area contributed by atoms with Gasteiger partial charge in [0.1, 0.15) is 5.60 Å². The molecule has 0 saturated carbocycles. The van der Waals surface area contributed by atoms with Gasteiger partial charge in [-0.25, -0.2) is 14.4 Å². The molecule has 1 amide bonds. The molecule has 0 spiro atoms. The molecule has 0 aliphatic carbocycles. The number of hydrogen-bond donors (Lipinski definition) is 2. The van der Waals surface area contributed by atoms with Gasteiger partial charge in [0, 0.05) is 13.6 Å². The van der Waals surface area contributed by atoms with Crippen molar-refractivity contribution in [2.24, 2.45) is 0 Å². The van der Waals surface area contributed by atoms with Crippen molar-refractivity contribution < 1.29 is 29.3 Å². The topological polar surface area (TPSA) is 104 Å². The van der Waals surface area contributed by atoms with Crippen LogP contribution in [-0.2, 0) is 11.3 Å². The second-order valence-electron chi connectivity index (χ2n) is 5.79. The zero-order valence-electron chi connectivity index (χ0n) is 12.9. The van der Waals surface area contributed by atoms with Crippen LogP contribution in [0.2, 0.25) is 0 Å². The van der Waals surface area contributed by atoms with Gasteiger partial charge < -0.3 is 19.8 Å². The van der Waals surface area contributed by atoms with Crippen LogP contribution in [0.3, 0.4) is 0 Å². The first-order valence-corrected chi connectivity index (χ1v) is 6.55. The lowest BCUT2D eigenvalue weighted by atomic mass is 10.0. The maximum Gasteiger partial charge on any atom is 0.410 e. The summed E-state index contributed by atoms with van der Waals surface area (Å²) in [7, 11) is 1.45. The monoisotopic (exact) mass is 309 g/mol. The van der Waals surface area contributed by atoms with Crippen LogP contribution in [0.1, 0.15) is 47.1 Å². The molecule has 0 atom stereocenters. The Balaban J connectivity index is 3.08. The molecular weight excluding hydrogens is 290 g/mol. The standard InChI is InChI=1S/C15H19NO6/c1-15(2,3)22-14(21)16(4)8-9-6-5-7-10(12(17)18)11(9)13(19)20/h5-7H,8H2,1-4H3,(H,17,18)(H,19,20). The third-order valence-corrected chi connectivity index (χ3v) is 2.71. The van der Waals surface area contributed by atoms with Gasteiger partial charge in [-0.1, -0.05) is 12.1 Å². The number of benzene rings is 1. The van der Waals surface area contributed by atoms with Crippen molar-refractivity contribution in [3.05, 3.63) is 34.9 Å². The Bertz CT molecular complexity index is 603. The maximum absolute atomic E-state index is 11.9. The average Bonchev–Trinajstić information content (AvgIpc) is 2.35. The third-order valence-electron chi connectivity index (χ3n) is 2.71. The molecule has 0 aliphatic heterocycles. The number of carbonyl (C=O) groups is 3. The number of nitrogens with zero attached hydrogens (tertiary/aromatic N) is 1. The summed E-state index contributed by atoms with van der Waals surface area (Å²) < 4.78 is 5.17. The summed E-state index contributed by atoms with van der Waals surface area (Å²) in [5.41, 5.74) is -1.10. The van der Waals surface area contributed by atoms with E-state index in [2.05, 4.69) is 0 Å². The van der Waals surface area contributed by atoms with E-state index in [9.17, 15) is 19.5 Å². The molecule has 22 heavy (non-hydrogen) atoms. The lowest BCUT2D eigenvalue weighted by Crippen LogP contribution is -2.34. The van der Waals surface area contributed by atoms with Crippen molar-refractivity contribution in [2.75, 3.05) is 7.05 Å². The quantitative estimate of drug-likeness (QED) is 0.885. The zero-order chi connectivity index (χ0) is 17.1. The third kappa shape index (κ3) is 4.47. The number of aromatic carboxylic acids is 2. The molecule has 0 aliphatic rings. The highest BCUT2D eigenvalue weighted by Gasteiger charge is 2.24. The molecule has 0 bridgehead atoms. The van der Waals surface area contributed by atoms with Crippen LogP contribution >= 0.6 is 0 Å². The first kappa shape index (κ1) is 17.5. The van der Waals surface area contributed by atoms with E-state index >= 15 is 0 Å². The first-order chi connectivity index (χ1) is 10.0. The fourth-order valence-electron chi connectivity index (χ4n) is 1.82. The fourth-order valence-corrected chi connectivity index (χ4v) is 1.82. The van der Waals surface area contributed by atoms with E-state index in [1.807, 2.05) is 0 Å². The summed E-state index contributed by atoms with van der Waals surface area (Å²) >= 11 is 0. The molecular formula is C15H19NO6. The molecule has 0 fully saturated rings. The highest BCUT2D eigenvalue weighted by atomic mass is 16.6. The second-order valence-corrected chi connectivity index (χ2v) is 5.79. The zero-order valence-corrected chi connectivity index (χ0v) is 12.9. The molecule has 1 rings (SSSR count). The molecule has 0 aromatic heterocycles. The van der Waals surface area contributed by atoms with E-state index in [1.54, 1.807) is 20.8 Å². The van der Waals surface area contributed by atoms with Gasteiger partial charge in [0.2, 0.25) is 0 Å². The Labute approximate surface area is 128 Å². The van der Waals surface area contributed by atoms with Crippen LogP contribution in [0, 0.1) is 0 Å². The minimum atomic E-state index is -1.36. The number of carboxylic acid groups (broad SMARTS) is 2. The molecule has 0 saturated heterocycles. The molecule has 2 N–H and O–H groups in total. The minimum Gasteiger partial charge on any atom is -0.478 e. The van der Waals surface area contributed by atoms with Crippen molar-refractivity contribution in [2.45, 2.75) is 32.9 Å². The summed E-state index contributed by atoms with van der Waals surface area (Å²) in [5, 5.41) is 18.3. The lowest BCUT2D eigenvalue weighted by molar-refractivity contribution is 0.0283. The summed E-state index contributed by atoms with van der Waals surface area (Å²) in [5.74, 6) is -2.69. The molecule has 7 nitrogen and oxygen atoms in total. The number of amides is 1. The Kier molecular flexibility index (Phi) is 5.14. The van der Waals surface area contributed by atoms with Crippen molar-refractivity contribution in [3.8, 4) is 0 Å². The van der Waals surface area contributed by atoms with Gasteiger partial charge in [-0.15, -0.1) is 0 Å². The molecule has 0 unspecified atom stereocenters. The molecule has 120 valence electrons. The second kappa shape index (κ2) is 6.46. The van der Waals surface area contributed by atoms with Crippen molar-refractivity contribution in [1.29, 1.82) is 0 Å². The predicted octanol–water partition coefficient (Wildman–Crippen LogP) is 2.45. The predicted molar refractivity (Wildman–Crippen MR) is 78.1 cm³/mol. The number of hydrogen-bond acceptors (Lipinski definition) is 4. The highest BCUT2D eigenvalue weighted by molar-refractivity contribution is 6.02. The van der Waals surface area contributed by atoms with Gasteiger partial charge in [-0.05, 0) is 32.4 Å². The largest absolute Gasteiger partial charge is 0.478 e. The van der Waals surface area contributed by atoms with Crippen LogP contribution in [0.4, 0.5) is 4.79 Å². The van der Waals surface area contributed by atoms with E-state index in [0.29, 0.717) is 0 Å². The Hall–Kier alpha value is -2.57. The first-order valence-electron chi connectivity index (χ1n) is 6.55. The van der Waals surface area contributed by atoms with E-state index in [-0.39, 0.29) is 23.2 Å². The van der Waals surface area contributed by atoms with Gasteiger partial charge in [-0.3, -0.25) is 0 Å². The van der Waals surface area contributed by atoms with Gasteiger partial charge in [-0.2, -0.15) is 0 Å². The van der Waals surface area contributed by atoms with E-state index in [1.165, 1.54) is 30.1 Å². The summed E-state index contributed by atoms with van der Waals surface area (Å²) in [6, 6.07) is 4.12. The van der Waals surface area contributed by atoms with E-state index in [4.69, 9.17) is 9.84 Å². The van der Waals surface area contributed by atoms with Crippen molar-refractivity contribution in [1.82, 2.24) is 4.90 Å². The smallest absolute Gasteiger partial charge is 0.410 e. The van der Waals surface area contributed by atoms with Gasteiger partial charge in [0.05, 0.1) is 11.1 Å². The molecule has 7 heteroatoms. The Morgan fingerprint density at radius 2 is 1.73 bits per heavy atom. The van der Waals surface area contributed by atoms with Crippen LogP contribution < -0.4 is 0 Å². The number of carboxylic acids is 2. The SMILES string of the molecule is CN(Cc1cccc(C(=O)O)c1C(=O)O)C(=O)OC(C)(C)C. The van der Waals surface area contributed by atoms with Crippen LogP contribution in [0.5, 0.6) is 0 Å². The van der Waals surface area contributed by atoms with Crippen molar-refractivity contribution >= 4 is 18.0 Å². The lowest BCUT2D eigenvalue weighted by Gasteiger charge is -2.25. The van der Waals surface area contributed by atoms with Crippen LogP contribution in [-0.4, -0.2) is 45.8 Å². The summed E-state index contributed by atoms with van der Waals surface area (Å²) in [6.07, 6.45) is -0.621. The van der Waals surface area contributed by atoms with E-state index < -0.39 is 23.6 Å². The molecule has 1 aromatic rings. The molecule has 0 heterocycles. The number of ether oxygens (including phenoxy) is 1. The Morgan fingerprint density at radius 1 is 1.14 bits per heavy atom. The minimum absolute atomic E-state index is 0.0718. The maximum atomic E-state index is 11.9. The summed E-state index contributed by atoms with van der Waals surface area (Å²) in [4.78, 5) is 35.5. The Morgan fingerprint density at radius 3 is 2.18 bits per heavy atom. The van der Waals surface area contributed by atoms with Crippen LogP contribution in [0.15, 0.2) is 18.2 Å². The highest BCUT2D eigenvalue weighted by Crippen LogP contribution is 2.18. The fraction of sp³-hybridized carbons (Fsp3) is 0.400. The summed E-state index contributed by atoms with van der Waals surface area (Å²) in [6.45, 7) is 5.07. The molecule has 1 aromatic carbocycles. The normalized spacial score (nSPS) is 10.9. The number of carbonyl (C=O) groups excluding carboxylic acids is 1. The molecule has 0 radical (unpaired) electrons. The van der Waals surface area contributed by atoms with Gasteiger partial charge in [0.15, 0.2) is 0 Å². The van der Waals surface area contributed by atoms with E-state index in [0.717, 1.165) is 0 Å². The van der Waals surface area contributed by atoms with Gasteiger partial charge >= 0.3 is 18.0 Å².